The number of aromatic hydroxyl groups is 5. The average molecular weight is 861 g/mol. The van der Waals surface area contributed by atoms with Crippen molar-refractivity contribution < 1.29 is 109 Å². The molecule has 3 aromatic carbocycles. The van der Waals surface area contributed by atoms with Gasteiger partial charge in [-0.2, -0.15) is 0 Å². The summed E-state index contributed by atoms with van der Waals surface area (Å²) in [6.45, 7) is -1.46. The number of carboxylic acid groups (broad SMARTS) is 1. The maximum Gasteiger partial charge on any atom is 0.330 e. The van der Waals surface area contributed by atoms with Gasteiger partial charge in [-0.25, -0.2) is 4.79 Å². The average Bonchev–Trinajstić information content (AvgIpc) is 3.21. The molecule has 0 radical (unpaired) electrons. The van der Waals surface area contributed by atoms with E-state index in [0.29, 0.717) is 5.56 Å². The predicted octanol–water partition coefficient (Wildman–Crippen LogP) is -1.03. The van der Waals surface area contributed by atoms with Gasteiger partial charge in [-0.1, -0.05) is 12.1 Å². The number of ether oxygens (including phenoxy) is 7. The first kappa shape index (κ1) is 44.2. The summed E-state index contributed by atoms with van der Waals surface area (Å²) in [6, 6.07) is 9.84. The summed E-state index contributed by atoms with van der Waals surface area (Å²) < 4.78 is 39.2. The molecule has 0 aliphatic carbocycles. The van der Waals surface area contributed by atoms with Crippen LogP contribution < -0.4 is 9.47 Å². The summed E-state index contributed by atoms with van der Waals surface area (Å²) in [7, 11) is 0. The van der Waals surface area contributed by atoms with Crippen LogP contribution >= 0.6 is 0 Å². The Morgan fingerprint density at radius 3 is 1.84 bits per heavy atom. The van der Waals surface area contributed by atoms with Crippen LogP contribution in [0.25, 0.3) is 12.2 Å². The monoisotopic (exact) mass is 860 g/mol. The van der Waals surface area contributed by atoms with Crippen LogP contribution in [0, 0.1) is 0 Å². The third-order valence-electron chi connectivity index (χ3n) is 9.50. The molecule has 0 amide bonds. The molecule has 11 atom stereocenters. The summed E-state index contributed by atoms with van der Waals surface area (Å²) >= 11 is 0. The van der Waals surface area contributed by atoms with Crippen molar-refractivity contribution >= 4 is 30.1 Å². The van der Waals surface area contributed by atoms with Crippen molar-refractivity contribution in [2.24, 2.45) is 0 Å². The Morgan fingerprint density at radius 2 is 1.25 bits per heavy atom. The fourth-order valence-electron chi connectivity index (χ4n) is 6.31. The molecular weight excluding hydrogens is 820 g/mol. The number of rotatable bonds is 13. The van der Waals surface area contributed by atoms with Gasteiger partial charge in [0.1, 0.15) is 97.2 Å². The van der Waals surface area contributed by atoms with E-state index in [1.165, 1.54) is 36.4 Å². The van der Waals surface area contributed by atoms with E-state index < -0.39 is 128 Å². The highest BCUT2D eigenvalue weighted by Gasteiger charge is 2.48. The number of aliphatic hydroxyl groups is 6. The second-order valence-electron chi connectivity index (χ2n) is 13.9. The lowest BCUT2D eigenvalue weighted by Crippen LogP contribution is -2.60. The molecule has 22 heteroatoms. The van der Waals surface area contributed by atoms with Crippen LogP contribution in [0.5, 0.6) is 40.2 Å². The van der Waals surface area contributed by atoms with Crippen LogP contribution in [0.15, 0.2) is 60.4 Å². The zero-order chi connectivity index (χ0) is 44.3. The molecule has 2 saturated heterocycles. The number of hydrogen-bond acceptors (Lipinski definition) is 21. The lowest BCUT2D eigenvalue weighted by atomic mass is 9.98. The van der Waals surface area contributed by atoms with Crippen molar-refractivity contribution in [3.05, 3.63) is 77.1 Å². The minimum Gasteiger partial charge on any atom is -0.508 e. The molecule has 12 N–H and O–H groups in total. The SMILES string of the molecule is O=C(O)CC(=O)OC[C@@H]1O[C@@H](Oc2cc(O)cc3c2C=C(O[C@@H]2O[C@H](COC(=O)/C=C\c4ccc(O)cc4)[C@@H](O)[C@H](O)[C@H]2O)C(c2cc(O)c(O)c(O)c2)O3)[C@H](O)[C@@H](O)[C@@H]1O. The highest BCUT2D eigenvalue weighted by Crippen LogP contribution is 2.48. The van der Waals surface area contributed by atoms with Gasteiger partial charge in [-0.15, -0.1) is 0 Å². The molecule has 328 valence electrons. The van der Waals surface area contributed by atoms with E-state index in [1.807, 2.05) is 0 Å². The first-order valence-corrected chi connectivity index (χ1v) is 18.1. The largest absolute Gasteiger partial charge is 0.508 e. The number of benzene rings is 3. The van der Waals surface area contributed by atoms with E-state index in [2.05, 4.69) is 0 Å². The number of phenolic OH excluding ortho intramolecular Hbond substituents is 5. The van der Waals surface area contributed by atoms with Crippen molar-refractivity contribution in [3.63, 3.8) is 0 Å². The maximum absolute atomic E-state index is 12.5. The summed E-state index contributed by atoms with van der Waals surface area (Å²) in [5.41, 5.74) is 0.304. The molecule has 3 aliphatic rings. The zero-order valence-corrected chi connectivity index (χ0v) is 31.3. The Hall–Kier alpha value is -6.37. The van der Waals surface area contributed by atoms with Crippen molar-refractivity contribution in [1.82, 2.24) is 0 Å². The van der Waals surface area contributed by atoms with Gasteiger partial charge in [0.2, 0.25) is 12.6 Å². The third-order valence-corrected chi connectivity index (χ3v) is 9.50. The predicted molar refractivity (Wildman–Crippen MR) is 197 cm³/mol. The molecular formula is C39H40O22. The van der Waals surface area contributed by atoms with E-state index in [4.69, 9.17) is 38.3 Å². The number of carboxylic acids is 1. The second kappa shape index (κ2) is 18.5. The highest BCUT2D eigenvalue weighted by atomic mass is 16.7. The van der Waals surface area contributed by atoms with Gasteiger partial charge in [0.15, 0.2) is 23.4 Å². The van der Waals surface area contributed by atoms with Gasteiger partial charge in [0.05, 0.1) is 5.56 Å². The van der Waals surface area contributed by atoms with Crippen LogP contribution in [0.4, 0.5) is 0 Å². The first-order valence-electron chi connectivity index (χ1n) is 18.1. The van der Waals surface area contributed by atoms with Crippen molar-refractivity contribution in [1.29, 1.82) is 0 Å². The molecule has 0 bridgehead atoms. The quantitative estimate of drug-likeness (QED) is 0.0423. The standard InChI is InChI=1S/C39H40O22/c40-17-4-1-15(2-5-17)3-6-28(46)55-13-25-31(49)34(52)36(54)39(61-25)59-24-11-19-22(57-37(24)16-7-20(42)30(48)21(43)8-16)9-18(41)10-23(19)58-38-35(53)33(51)32(50)26(60-38)14-56-29(47)12-27(44)45/h1-11,25-26,31-43,48-54H,12-14H2,(H,44,45)/b6-3-/t25-,26+,31-,32-,33+,34+,35-,36-,37?,38-,39-/m1/s1. The number of hydrogen-bond donors (Lipinski definition) is 12. The number of aliphatic hydroxyl groups excluding tert-OH is 6. The van der Waals surface area contributed by atoms with Crippen LogP contribution in [-0.2, 0) is 38.1 Å². The Labute approximate surface area is 343 Å². The number of aliphatic carboxylic acids is 1. The van der Waals surface area contributed by atoms with Crippen molar-refractivity contribution in [2.75, 3.05) is 13.2 Å². The normalized spacial score (nSPS) is 28.5. The minimum absolute atomic E-state index is 0.00382. The third kappa shape index (κ3) is 10.2. The fourth-order valence-corrected chi connectivity index (χ4v) is 6.31. The van der Waals surface area contributed by atoms with E-state index in [0.717, 1.165) is 30.3 Å². The fraction of sp³-hybridized carbons (Fsp3) is 0.359. The molecule has 0 aromatic heterocycles. The molecule has 22 nitrogen and oxygen atoms in total. The number of phenols is 5. The van der Waals surface area contributed by atoms with E-state index in [1.54, 1.807) is 0 Å². The Balaban J connectivity index is 1.28. The maximum atomic E-state index is 12.5. The topological polar surface area (TPSA) is 359 Å². The molecule has 0 spiro atoms. The van der Waals surface area contributed by atoms with Gasteiger partial charge in [0.25, 0.3) is 0 Å². The number of carbonyl (C=O) groups excluding carboxylic acids is 2. The van der Waals surface area contributed by atoms with Crippen LogP contribution in [0.3, 0.4) is 0 Å². The highest BCUT2D eigenvalue weighted by molar-refractivity contribution is 5.90. The lowest BCUT2D eigenvalue weighted by Gasteiger charge is -2.41. The van der Waals surface area contributed by atoms with Gasteiger partial charge in [-0.3, -0.25) is 9.59 Å². The van der Waals surface area contributed by atoms with E-state index in [9.17, 15) is 70.6 Å². The first-order chi connectivity index (χ1) is 28.9. The van der Waals surface area contributed by atoms with Gasteiger partial charge in [0, 0.05) is 23.8 Å². The Bertz CT molecular complexity index is 2130. The summed E-state index contributed by atoms with van der Waals surface area (Å²) in [5.74, 6) is -7.60. The number of carbonyl (C=O) groups is 3. The summed E-state index contributed by atoms with van der Waals surface area (Å²) in [5, 5.41) is 124. The molecule has 61 heavy (non-hydrogen) atoms. The summed E-state index contributed by atoms with van der Waals surface area (Å²) in [6.07, 6.45) is -17.5. The Morgan fingerprint density at radius 1 is 0.672 bits per heavy atom. The van der Waals surface area contributed by atoms with Crippen LogP contribution in [-0.4, -0.2) is 154 Å². The van der Waals surface area contributed by atoms with Crippen molar-refractivity contribution in [3.8, 4) is 40.2 Å². The smallest absolute Gasteiger partial charge is 0.330 e. The molecule has 3 aromatic rings. The molecule has 3 heterocycles. The number of esters is 2. The molecule has 0 saturated carbocycles. The van der Waals surface area contributed by atoms with Crippen LogP contribution in [0.2, 0.25) is 0 Å². The molecule has 6 rings (SSSR count). The zero-order valence-electron chi connectivity index (χ0n) is 31.3. The molecule has 3 aliphatic heterocycles. The summed E-state index contributed by atoms with van der Waals surface area (Å²) in [4.78, 5) is 35.2. The molecule has 1 unspecified atom stereocenters. The minimum atomic E-state index is -2.00. The Kier molecular flexibility index (Phi) is 13.4. The molecule has 2 fully saturated rings. The van der Waals surface area contributed by atoms with Crippen molar-refractivity contribution in [2.45, 2.75) is 73.9 Å². The van der Waals surface area contributed by atoms with Gasteiger partial charge < -0.3 is 94.4 Å². The second-order valence-corrected chi connectivity index (χ2v) is 13.9. The van der Waals surface area contributed by atoms with Crippen LogP contribution in [0.1, 0.15) is 29.2 Å². The number of fused-ring (bicyclic) bond motifs is 1. The van der Waals surface area contributed by atoms with E-state index >= 15 is 0 Å². The van der Waals surface area contributed by atoms with E-state index in [-0.39, 0.29) is 34.1 Å². The van der Waals surface area contributed by atoms with Gasteiger partial charge >= 0.3 is 17.9 Å². The van der Waals surface area contributed by atoms with Gasteiger partial charge in [-0.05, 0) is 42.0 Å². The lowest BCUT2D eigenvalue weighted by molar-refractivity contribution is -0.294.